The monoisotopic (exact) mass is 334 g/mol. The van der Waals surface area contributed by atoms with E-state index in [0.29, 0.717) is 0 Å². The Hall–Kier alpha value is -1.54. The normalized spacial score (nSPS) is 11.3. The fourth-order valence-corrected chi connectivity index (χ4v) is 2.92. The quantitative estimate of drug-likeness (QED) is 0.839. The zero-order valence-electron chi connectivity index (χ0n) is 9.76. The molecule has 0 unspecified atom stereocenters. The van der Waals surface area contributed by atoms with E-state index in [0.717, 1.165) is 0 Å². The van der Waals surface area contributed by atoms with E-state index in [2.05, 4.69) is 0 Å². The molecule has 1 heterocycles. The Morgan fingerprint density at radius 2 is 1.95 bits per heavy atom. The third-order valence-electron chi connectivity index (χ3n) is 2.23. The number of benzene rings is 1. The van der Waals surface area contributed by atoms with Crippen molar-refractivity contribution in [3.8, 4) is 0 Å². The zero-order valence-corrected chi connectivity index (χ0v) is 12.1. The smallest absolute Gasteiger partial charge is 0.301 e. The predicted octanol–water partition coefficient (Wildman–Crippen LogP) is 2.21. The second-order valence-electron chi connectivity index (χ2n) is 3.61. The molecule has 6 nitrogen and oxygen atoms in total. The first kappa shape index (κ1) is 14.9. The molecular formula is C11H8Cl2N2O4S. The lowest BCUT2D eigenvalue weighted by Crippen LogP contribution is -2.41. The Labute approximate surface area is 124 Å². The second kappa shape index (κ2) is 5.84. The van der Waals surface area contributed by atoms with Gasteiger partial charge >= 0.3 is 5.91 Å². The van der Waals surface area contributed by atoms with E-state index in [-0.39, 0.29) is 20.7 Å². The summed E-state index contributed by atoms with van der Waals surface area (Å²) in [5.41, 5.74) is 2.00. The van der Waals surface area contributed by atoms with E-state index in [1.54, 1.807) is 0 Å². The summed E-state index contributed by atoms with van der Waals surface area (Å²) in [5.74, 6) is -0.776. The third kappa shape index (κ3) is 3.31. The van der Waals surface area contributed by atoms with Crippen LogP contribution in [-0.2, 0) is 10.0 Å². The van der Waals surface area contributed by atoms with Crippen molar-refractivity contribution in [1.82, 2.24) is 10.3 Å². The molecule has 9 heteroatoms. The van der Waals surface area contributed by atoms with Gasteiger partial charge in [-0.05, 0) is 30.3 Å². The van der Waals surface area contributed by atoms with Crippen LogP contribution in [0.2, 0.25) is 10.0 Å². The van der Waals surface area contributed by atoms with Crippen molar-refractivity contribution in [2.24, 2.45) is 0 Å². The molecule has 0 atom stereocenters. The number of carbonyl (C=O) groups is 1. The SMILES string of the molecule is O=C(NNS(=O)(=O)c1cc(Cl)ccc1Cl)c1ccco1. The molecule has 2 aromatic rings. The van der Waals surface area contributed by atoms with Gasteiger partial charge in [-0.2, -0.15) is 0 Å². The molecule has 0 radical (unpaired) electrons. The first-order chi connectivity index (χ1) is 9.40. The molecular weight excluding hydrogens is 327 g/mol. The average Bonchev–Trinajstić information content (AvgIpc) is 2.93. The Kier molecular flexibility index (Phi) is 4.34. The molecule has 0 aliphatic rings. The van der Waals surface area contributed by atoms with Crippen LogP contribution in [0.15, 0.2) is 45.9 Å². The van der Waals surface area contributed by atoms with Crippen LogP contribution >= 0.6 is 23.2 Å². The van der Waals surface area contributed by atoms with Gasteiger partial charge < -0.3 is 4.42 Å². The van der Waals surface area contributed by atoms with Gasteiger partial charge in [0.05, 0.1) is 11.3 Å². The Morgan fingerprint density at radius 1 is 1.20 bits per heavy atom. The van der Waals surface area contributed by atoms with Crippen LogP contribution in [-0.4, -0.2) is 14.3 Å². The van der Waals surface area contributed by atoms with Crippen molar-refractivity contribution in [2.45, 2.75) is 4.90 Å². The van der Waals surface area contributed by atoms with Crippen LogP contribution in [0.1, 0.15) is 10.6 Å². The molecule has 0 aliphatic heterocycles. The number of rotatable bonds is 4. The maximum atomic E-state index is 12.0. The molecule has 1 amide bonds. The van der Waals surface area contributed by atoms with E-state index < -0.39 is 15.9 Å². The van der Waals surface area contributed by atoms with Gasteiger partial charge in [-0.15, -0.1) is 4.83 Å². The lowest BCUT2D eigenvalue weighted by atomic mass is 10.4. The van der Waals surface area contributed by atoms with Gasteiger partial charge in [-0.3, -0.25) is 10.2 Å². The lowest BCUT2D eigenvalue weighted by Gasteiger charge is -2.09. The maximum Gasteiger partial charge on any atom is 0.301 e. The van der Waals surface area contributed by atoms with E-state index in [4.69, 9.17) is 27.6 Å². The first-order valence-corrected chi connectivity index (χ1v) is 7.45. The molecule has 20 heavy (non-hydrogen) atoms. The van der Waals surface area contributed by atoms with E-state index in [1.807, 2.05) is 10.3 Å². The first-order valence-electron chi connectivity index (χ1n) is 5.21. The standard InChI is InChI=1S/C11H8Cl2N2O4S/c12-7-3-4-8(13)10(6-7)20(17,18)15-14-11(16)9-2-1-5-19-9/h1-6,15H,(H,14,16). The summed E-state index contributed by atoms with van der Waals surface area (Å²) in [4.78, 5) is 13.2. The fraction of sp³-hybridized carbons (Fsp3) is 0. The average molecular weight is 335 g/mol. The molecule has 0 spiro atoms. The second-order valence-corrected chi connectivity index (χ2v) is 6.11. The van der Waals surface area contributed by atoms with Crippen LogP contribution in [0.25, 0.3) is 0 Å². The van der Waals surface area contributed by atoms with E-state index >= 15 is 0 Å². The highest BCUT2D eigenvalue weighted by Gasteiger charge is 2.20. The minimum atomic E-state index is -4.04. The number of furan rings is 1. The van der Waals surface area contributed by atoms with Gasteiger partial charge in [0.25, 0.3) is 10.0 Å². The molecule has 2 N–H and O–H groups in total. The summed E-state index contributed by atoms with van der Waals surface area (Å²) in [6.07, 6.45) is 1.29. The third-order valence-corrected chi connectivity index (χ3v) is 4.19. The fourth-order valence-electron chi connectivity index (χ4n) is 1.32. The highest BCUT2D eigenvalue weighted by atomic mass is 35.5. The van der Waals surface area contributed by atoms with Gasteiger partial charge in [0.15, 0.2) is 5.76 Å². The van der Waals surface area contributed by atoms with Crippen molar-refractivity contribution >= 4 is 39.1 Å². The summed E-state index contributed by atoms with van der Waals surface area (Å²) in [6.45, 7) is 0. The highest BCUT2D eigenvalue weighted by molar-refractivity contribution is 7.89. The zero-order chi connectivity index (χ0) is 14.8. The summed E-state index contributed by atoms with van der Waals surface area (Å²) in [5, 5.41) is 0.182. The van der Waals surface area contributed by atoms with Crippen LogP contribution in [0.3, 0.4) is 0 Å². The molecule has 1 aromatic heterocycles. The molecule has 2 rings (SSSR count). The van der Waals surface area contributed by atoms with Crippen LogP contribution in [0, 0.1) is 0 Å². The van der Waals surface area contributed by atoms with Gasteiger partial charge in [-0.25, -0.2) is 8.42 Å². The van der Waals surface area contributed by atoms with E-state index in [9.17, 15) is 13.2 Å². The van der Waals surface area contributed by atoms with Crippen LogP contribution in [0.4, 0.5) is 0 Å². The number of hydrogen-bond donors (Lipinski definition) is 2. The number of nitrogens with one attached hydrogen (secondary N) is 2. The maximum absolute atomic E-state index is 12.0. The minimum Gasteiger partial charge on any atom is -0.459 e. The van der Waals surface area contributed by atoms with Crippen molar-refractivity contribution < 1.29 is 17.6 Å². The predicted molar refractivity (Wildman–Crippen MR) is 73.0 cm³/mol. The molecule has 106 valence electrons. The molecule has 0 saturated heterocycles. The van der Waals surface area contributed by atoms with Crippen molar-refractivity contribution in [1.29, 1.82) is 0 Å². The minimum absolute atomic E-state index is 0.0193. The highest BCUT2D eigenvalue weighted by Crippen LogP contribution is 2.24. The van der Waals surface area contributed by atoms with Crippen LogP contribution < -0.4 is 10.3 Å². The number of halogens is 2. The summed E-state index contributed by atoms with van der Waals surface area (Å²) >= 11 is 11.5. The van der Waals surface area contributed by atoms with Gasteiger partial charge in [0.2, 0.25) is 0 Å². The van der Waals surface area contributed by atoms with Crippen LogP contribution in [0.5, 0.6) is 0 Å². The number of hydrogen-bond acceptors (Lipinski definition) is 4. The molecule has 0 fully saturated rings. The number of carbonyl (C=O) groups excluding carboxylic acids is 1. The largest absolute Gasteiger partial charge is 0.459 e. The number of sulfonamides is 1. The lowest BCUT2D eigenvalue weighted by molar-refractivity contribution is 0.0917. The summed E-state index contributed by atoms with van der Waals surface area (Å²) in [7, 11) is -4.04. The Bertz CT molecular complexity index is 729. The molecule has 1 aromatic carbocycles. The Morgan fingerprint density at radius 3 is 2.60 bits per heavy atom. The van der Waals surface area contributed by atoms with Gasteiger partial charge in [0, 0.05) is 5.02 Å². The van der Waals surface area contributed by atoms with Gasteiger partial charge in [0.1, 0.15) is 4.90 Å². The van der Waals surface area contributed by atoms with E-state index in [1.165, 1.54) is 36.6 Å². The topological polar surface area (TPSA) is 88.4 Å². The van der Waals surface area contributed by atoms with Gasteiger partial charge in [-0.1, -0.05) is 23.2 Å². The molecule has 0 aliphatic carbocycles. The van der Waals surface area contributed by atoms with Crippen molar-refractivity contribution in [3.05, 3.63) is 52.4 Å². The Balaban J connectivity index is 2.16. The number of hydrazine groups is 1. The number of amides is 1. The van der Waals surface area contributed by atoms with Crippen molar-refractivity contribution in [2.75, 3.05) is 0 Å². The summed E-state index contributed by atoms with van der Waals surface area (Å²) in [6, 6.07) is 6.84. The summed E-state index contributed by atoms with van der Waals surface area (Å²) < 4.78 is 28.8. The molecule has 0 saturated carbocycles. The van der Waals surface area contributed by atoms with Crippen molar-refractivity contribution in [3.63, 3.8) is 0 Å². The molecule has 0 bridgehead atoms.